The number of aliphatic hydroxyl groups excluding tert-OH is 1. The second-order valence-corrected chi connectivity index (χ2v) is 6.21. The SMILES string of the molecule is Cc1c(CCOC(=O)C(N)CCC(=O)O)c(CO)cc2c1C(=O)CC2. The van der Waals surface area contributed by atoms with E-state index < -0.39 is 18.0 Å². The highest BCUT2D eigenvalue weighted by atomic mass is 16.5. The van der Waals surface area contributed by atoms with Gasteiger partial charge in [-0.15, -0.1) is 0 Å². The molecule has 1 aromatic carbocycles. The Labute approximate surface area is 145 Å². The van der Waals surface area contributed by atoms with Gasteiger partial charge in [0.1, 0.15) is 6.04 Å². The van der Waals surface area contributed by atoms with E-state index >= 15 is 0 Å². The molecule has 0 fully saturated rings. The molecule has 1 aliphatic carbocycles. The summed E-state index contributed by atoms with van der Waals surface area (Å²) >= 11 is 0. The molecule has 0 amide bonds. The van der Waals surface area contributed by atoms with E-state index in [1.165, 1.54) is 0 Å². The average Bonchev–Trinajstić information content (AvgIpc) is 2.95. The predicted molar refractivity (Wildman–Crippen MR) is 89.3 cm³/mol. The Hall–Kier alpha value is -2.25. The van der Waals surface area contributed by atoms with Crippen molar-refractivity contribution in [2.75, 3.05) is 6.61 Å². The summed E-state index contributed by atoms with van der Waals surface area (Å²) in [5, 5.41) is 18.2. The standard InChI is InChI=1S/C18H23NO6/c1-10-13(6-7-25-18(24)14(19)3-5-16(22)23)12(9-20)8-11-2-4-15(21)17(10)11/h8,14,20H,2-7,9,19H2,1H3,(H,22,23). The zero-order chi connectivity index (χ0) is 18.6. The molecule has 1 aromatic rings. The van der Waals surface area contributed by atoms with E-state index in [1.807, 2.05) is 13.0 Å². The van der Waals surface area contributed by atoms with Gasteiger partial charge in [-0.1, -0.05) is 6.07 Å². The zero-order valence-corrected chi connectivity index (χ0v) is 14.2. The first-order chi connectivity index (χ1) is 11.8. The van der Waals surface area contributed by atoms with Crippen LogP contribution in [0.2, 0.25) is 0 Å². The number of ether oxygens (including phenoxy) is 1. The Morgan fingerprint density at radius 1 is 1.36 bits per heavy atom. The van der Waals surface area contributed by atoms with Gasteiger partial charge >= 0.3 is 11.9 Å². The molecule has 0 radical (unpaired) electrons. The van der Waals surface area contributed by atoms with Crippen LogP contribution < -0.4 is 5.73 Å². The van der Waals surface area contributed by atoms with E-state index in [0.29, 0.717) is 19.3 Å². The predicted octanol–water partition coefficient (Wildman–Crippen LogP) is 0.894. The Kier molecular flexibility index (Phi) is 6.27. The van der Waals surface area contributed by atoms with Crippen molar-refractivity contribution in [3.63, 3.8) is 0 Å². The van der Waals surface area contributed by atoms with Crippen molar-refractivity contribution in [1.82, 2.24) is 0 Å². The summed E-state index contributed by atoms with van der Waals surface area (Å²) in [6, 6.07) is 0.874. The van der Waals surface area contributed by atoms with Gasteiger partial charge in [-0.05, 0) is 42.0 Å². The van der Waals surface area contributed by atoms with Gasteiger partial charge in [-0.3, -0.25) is 14.4 Å². The van der Waals surface area contributed by atoms with E-state index in [4.69, 9.17) is 15.6 Å². The molecule has 0 heterocycles. The fourth-order valence-corrected chi connectivity index (χ4v) is 3.21. The highest BCUT2D eigenvalue weighted by Crippen LogP contribution is 2.30. The fraction of sp³-hybridized carbons (Fsp3) is 0.500. The average molecular weight is 349 g/mol. The van der Waals surface area contributed by atoms with Gasteiger partial charge in [-0.2, -0.15) is 0 Å². The van der Waals surface area contributed by atoms with Crippen LogP contribution in [-0.4, -0.2) is 40.6 Å². The van der Waals surface area contributed by atoms with Crippen LogP contribution in [0.5, 0.6) is 0 Å². The van der Waals surface area contributed by atoms with Crippen LogP contribution in [0, 0.1) is 6.92 Å². The molecule has 0 bridgehead atoms. The van der Waals surface area contributed by atoms with Crippen molar-refractivity contribution in [1.29, 1.82) is 0 Å². The number of carbonyl (C=O) groups excluding carboxylic acids is 2. The van der Waals surface area contributed by atoms with Crippen molar-refractivity contribution in [3.8, 4) is 0 Å². The number of ketones is 1. The van der Waals surface area contributed by atoms with Gasteiger partial charge in [-0.25, -0.2) is 0 Å². The Morgan fingerprint density at radius 3 is 2.72 bits per heavy atom. The Bertz CT molecular complexity index is 697. The zero-order valence-electron chi connectivity index (χ0n) is 14.2. The van der Waals surface area contributed by atoms with Gasteiger partial charge in [0, 0.05) is 24.8 Å². The number of fused-ring (bicyclic) bond motifs is 1. The van der Waals surface area contributed by atoms with E-state index in [-0.39, 0.29) is 31.8 Å². The number of benzene rings is 1. The molecule has 0 spiro atoms. The minimum atomic E-state index is -1.02. The third-order valence-electron chi connectivity index (χ3n) is 4.52. The second-order valence-electron chi connectivity index (χ2n) is 6.21. The molecule has 2 rings (SSSR count). The number of aryl methyl sites for hydroxylation is 1. The van der Waals surface area contributed by atoms with Gasteiger partial charge in [0.15, 0.2) is 5.78 Å². The Balaban J connectivity index is 2.01. The minimum absolute atomic E-state index is 0.0163. The number of hydrogen-bond acceptors (Lipinski definition) is 6. The first kappa shape index (κ1) is 19.1. The van der Waals surface area contributed by atoms with Gasteiger partial charge in [0.05, 0.1) is 13.2 Å². The first-order valence-electron chi connectivity index (χ1n) is 8.27. The highest BCUT2D eigenvalue weighted by Gasteiger charge is 2.25. The summed E-state index contributed by atoms with van der Waals surface area (Å²) in [5.74, 6) is -1.57. The molecule has 25 heavy (non-hydrogen) atoms. The number of aliphatic hydroxyl groups is 1. The fourth-order valence-electron chi connectivity index (χ4n) is 3.21. The lowest BCUT2D eigenvalue weighted by atomic mass is 9.92. The molecule has 0 aromatic heterocycles. The molecular weight excluding hydrogens is 326 g/mol. The number of nitrogens with two attached hydrogens (primary N) is 1. The summed E-state index contributed by atoms with van der Waals surface area (Å²) < 4.78 is 5.12. The smallest absolute Gasteiger partial charge is 0.322 e. The van der Waals surface area contributed by atoms with Gasteiger partial charge in [0.25, 0.3) is 0 Å². The van der Waals surface area contributed by atoms with Crippen LogP contribution in [0.4, 0.5) is 0 Å². The molecule has 0 saturated heterocycles. The topological polar surface area (TPSA) is 127 Å². The van der Waals surface area contributed by atoms with E-state index in [9.17, 15) is 19.5 Å². The van der Waals surface area contributed by atoms with Crippen LogP contribution in [0.3, 0.4) is 0 Å². The number of esters is 1. The van der Waals surface area contributed by atoms with E-state index in [2.05, 4.69) is 0 Å². The monoisotopic (exact) mass is 349 g/mol. The lowest BCUT2D eigenvalue weighted by molar-refractivity contribution is -0.145. The largest absolute Gasteiger partial charge is 0.481 e. The third-order valence-corrected chi connectivity index (χ3v) is 4.52. The minimum Gasteiger partial charge on any atom is -0.481 e. The van der Waals surface area contributed by atoms with Crippen LogP contribution in [0.1, 0.15) is 51.9 Å². The van der Waals surface area contributed by atoms with Gasteiger partial charge < -0.3 is 20.7 Å². The van der Waals surface area contributed by atoms with Crippen molar-refractivity contribution in [2.45, 2.75) is 51.7 Å². The number of carboxylic acid groups (broad SMARTS) is 1. The number of hydrogen-bond donors (Lipinski definition) is 3. The van der Waals surface area contributed by atoms with Crippen molar-refractivity contribution in [3.05, 3.63) is 33.9 Å². The molecule has 1 aliphatic rings. The molecular formula is C18H23NO6. The summed E-state index contributed by atoms with van der Waals surface area (Å²) in [6.45, 7) is 1.75. The molecule has 1 unspecified atom stereocenters. The number of rotatable bonds is 8. The quantitative estimate of drug-likeness (QED) is 0.595. The normalized spacial score (nSPS) is 14.3. The highest BCUT2D eigenvalue weighted by molar-refractivity contribution is 6.02. The maximum atomic E-state index is 12.0. The van der Waals surface area contributed by atoms with Crippen LogP contribution in [-0.2, 0) is 33.8 Å². The second kappa shape index (κ2) is 8.22. The lowest BCUT2D eigenvalue weighted by Crippen LogP contribution is -2.33. The molecule has 0 saturated carbocycles. The molecule has 4 N–H and O–H groups in total. The maximum Gasteiger partial charge on any atom is 0.322 e. The third kappa shape index (κ3) is 4.43. The number of aliphatic carboxylic acids is 1. The van der Waals surface area contributed by atoms with Crippen molar-refractivity contribution < 1.29 is 29.3 Å². The lowest BCUT2D eigenvalue weighted by Gasteiger charge is -2.16. The summed E-state index contributed by atoms with van der Waals surface area (Å²) in [6.07, 6.45) is 1.35. The van der Waals surface area contributed by atoms with Crippen LogP contribution >= 0.6 is 0 Å². The van der Waals surface area contributed by atoms with Crippen LogP contribution in [0.25, 0.3) is 0 Å². The number of carbonyl (C=O) groups is 3. The van der Waals surface area contributed by atoms with E-state index in [0.717, 1.165) is 27.8 Å². The summed E-state index contributed by atoms with van der Waals surface area (Å²) in [4.78, 5) is 34.3. The maximum absolute atomic E-state index is 12.0. The number of carboxylic acids is 1. The summed E-state index contributed by atoms with van der Waals surface area (Å²) in [7, 11) is 0. The molecule has 0 aliphatic heterocycles. The molecule has 136 valence electrons. The molecule has 7 heteroatoms. The van der Waals surface area contributed by atoms with Crippen molar-refractivity contribution in [2.24, 2.45) is 5.73 Å². The first-order valence-corrected chi connectivity index (χ1v) is 8.27. The van der Waals surface area contributed by atoms with Crippen LogP contribution in [0.15, 0.2) is 6.07 Å². The van der Waals surface area contributed by atoms with Crippen molar-refractivity contribution >= 4 is 17.7 Å². The molecule has 1 atom stereocenters. The summed E-state index contributed by atoms with van der Waals surface area (Å²) in [5.41, 5.74) is 9.65. The molecule has 7 nitrogen and oxygen atoms in total. The van der Waals surface area contributed by atoms with E-state index in [1.54, 1.807) is 0 Å². The number of Topliss-reactive ketones (excluding diaryl/α,β-unsaturated/α-hetero) is 1. The Morgan fingerprint density at radius 2 is 2.08 bits per heavy atom. The van der Waals surface area contributed by atoms with Gasteiger partial charge in [0.2, 0.25) is 0 Å².